The van der Waals surface area contributed by atoms with Gasteiger partial charge in [-0.15, -0.1) is 0 Å². The van der Waals surface area contributed by atoms with E-state index in [2.05, 4.69) is 10.4 Å². The van der Waals surface area contributed by atoms with Gasteiger partial charge in [-0.25, -0.2) is 0 Å². The minimum Gasteiger partial charge on any atom is -0.375 e. The van der Waals surface area contributed by atoms with Crippen LogP contribution in [0.1, 0.15) is 23.7 Å². The number of hydrogen-bond donors (Lipinski definition) is 1. The van der Waals surface area contributed by atoms with E-state index in [-0.39, 0.29) is 12.0 Å². The predicted molar refractivity (Wildman–Crippen MR) is 85.8 cm³/mol. The Bertz CT molecular complexity index is 627. The highest BCUT2D eigenvalue weighted by Gasteiger charge is 2.12. The summed E-state index contributed by atoms with van der Waals surface area (Å²) < 4.78 is 7.18. The first-order chi connectivity index (χ1) is 10.6. The molecular weight excluding hydrogens is 302 g/mol. The number of ether oxygens (including phenoxy) is 1. The Labute approximate surface area is 135 Å². The summed E-state index contributed by atoms with van der Waals surface area (Å²) in [7, 11) is 1.62. The number of methoxy groups -OCH3 is 1. The van der Waals surface area contributed by atoms with Crippen LogP contribution in [-0.4, -0.2) is 29.3 Å². The Morgan fingerprint density at radius 1 is 1.50 bits per heavy atom. The average Bonchev–Trinajstić information content (AvgIpc) is 2.91. The van der Waals surface area contributed by atoms with Crippen molar-refractivity contribution in [3.05, 3.63) is 52.8 Å². The SMILES string of the molecule is CO[C@H](CNC(=O)CCn1cc(C)cn1)c1cccc(Cl)c1. The summed E-state index contributed by atoms with van der Waals surface area (Å²) in [6.07, 6.45) is 3.86. The van der Waals surface area contributed by atoms with E-state index in [9.17, 15) is 4.79 Å². The molecule has 1 amide bonds. The van der Waals surface area contributed by atoms with Gasteiger partial charge < -0.3 is 10.1 Å². The van der Waals surface area contributed by atoms with Crippen molar-refractivity contribution in [2.45, 2.75) is 26.0 Å². The zero-order valence-corrected chi connectivity index (χ0v) is 13.5. The monoisotopic (exact) mass is 321 g/mol. The van der Waals surface area contributed by atoms with Gasteiger partial charge in [0.1, 0.15) is 0 Å². The lowest BCUT2D eigenvalue weighted by Gasteiger charge is -2.16. The average molecular weight is 322 g/mol. The lowest BCUT2D eigenvalue weighted by molar-refractivity contribution is -0.121. The van der Waals surface area contributed by atoms with Crippen molar-refractivity contribution in [3.8, 4) is 0 Å². The molecule has 6 heteroatoms. The number of carbonyl (C=O) groups is 1. The standard InChI is InChI=1S/C16H20ClN3O2/c1-12-9-19-20(11-12)7-6-16(21)18-10-15(22-2)13-4-3-5-14(17)8-13/h3-5,8-9,11,15H,6-7,10H2,1-2H3,(H,18,21)/t15-/m1/s1. The quantitative estimate of drug-likeness (QED) is 0.853. The van der Waals surface area contributed by atoms with Crippen LogP contribution >= 0.6 is 11.6 Å². The summed E-state index contributed by atoms with van der Waals surface area (Å²) in [6.45, 7) is 2.94. The second-order valence-electron chi connectivity index (χ2n) is 5.11. The van der Waals surface area contributed by atoms with Crippen molar-refractivity contribution in [2.24, 2.45) is 0 Å². The number of amides is 1. The maximum Gasteiger partial charge on any atom is 0.221 e. The minimum absolute atomic E-state index is 0.0303. The molecule has 0 bridgehead atoms. The molecule has 5 nitrogen and oxygen atoms in total. The molecule has 1 aromatic carbocycles. The number of benzene rings is 1. The number of aryl methyl sites for hydroxylation is 2. The lowest BCUT2D eigenvalue weighted by atomic mass is 10.1. The van der Waals surface area contributed by atoms with Crippen molar-refractivity contribution >= 4 is 17.5 Å². The number of carbonyl (C=O) groups excluding carboxylic acids is 1. The fraction of sp³-hybridized carbons (Fsp3) is 0.375. The summed E-state index contributed by atoms with van der Waals surface area (Å²) in [4.78, 5) is 11.9. The maximum absolute atomic E-state index is 11.9. The Morgan fingerprint density at radius 2 is 2.32 bits per heavy atom. The van der Waals surface area contributed by atoms with Crippen LogP contribution in [0.15, 0.2) is 36.7 Å². The van der Waals surface area contributed by atoms with E-state index < -0.39 is 0 Å². The number of nitrogens with one attached hydrogen (secondary N) is 1. The van der Waals surface area contributed by atoms with Crippen LogP contribution in [0.5, 0.6) is 0 Å². The Hall–Kier alpha value is -1.85. The molecule has 1 heterocycles. The van der Waals surface area contributed by atoms with Gasteiger partial charge in [0, 0.05) is 37.8 Å². The number of halogens is 1. The fourth-order valence-electron chi connectivity index (χ4n) is 2.14. The van der Waals surface area contributed by atoms with Gasteiger partial charge in [0.2, 0.25) is 5.91 Å². The Morgan fingerprint density at radius 3 is 2.95 bits per heavy atom. The van der Waals surface area contributed by atoms with Gasteiger partial charge in [0.25, 0.3) is 0 Å². The molecule has 22 heavy (non-hydrogen) atoms. The number of nitrogens with zero attached hydrogens (tertiary/aromatic N) is 2. The summed E-state index contributed by atoms with van der Waals surface area (Å²) in [5.41, 5.74) is 2.03. The summed E-state index contributed by atoms with van der Waals surface area (Å²) in [6, 6.07) is 7.45. The lowest BCUT2D eigenvalue weighted by Crippen LogP contribution is -2.29. The van der Waals surface area contributed by atoms with Crippen molar-refractivity contribution in [1.82, 2.24) is 15.1 Å². The number of hydrogen-bond acceptors (Lipinski definition) is 3. The van der Waals surface area contributed by atoms with Gasteiger partial charge in [0.05, 0.1) is 12.3 Å². The van der Waals surface area contributed by atoms with E-state index in [1.807, 2.05) is 37.4 Å². The minimum atomic E-state index is -0.213. The third-order valence-electron chi connectivity index (χ3n) is 3.32. The fourth-order valence-corrected chi connectivity index (χ4v) is 2.34. The Balaban J connectivity index is 1.81. The molecule has 2 aromatic rings. The number of rotatable bonds is 7. The molecule has 0 aliphatic rings. The normalized spacial score (nSPS) is 12.1. The van der Waals surface area contributed by atoms with Crippen molar-refractivity contribution in [3.63, 3.8) is 0 Å². The first-order valence-electron chi connectivity index (χ1n) is 7.12. The van der Waals surface area contributed by atoms with Crippen LogP contribution in [0, 0.1) is 6.92 Å². The van der Waals surface area contributed by atoms with Crippen LogP contribution in [-0.2, 0) is 16.1 Å². The van der Waals surface area contributed by atoms with Gasteiger partial charge in [-0.3, -0.25) is 9.48 Å². The molecule has 118 valence electrons. The van der Waals surface area contributed by atoms with Crippen LogP contribution in [0.2, 0.25) is 5.02 Å². The van der Waals surface area contributed by atoms with Crippen LogP contribution in [0.3, 0.4) is 0 Å². The first-order valence-corrected chi connectivity index (χ1v) is 7.50. The van der Waals surface area contributed by atoms with Gasteiger partial charge >= 0.3 is 0 Å². The van der Waals surface area contributed by atoms with Crippen molar-refractivity contribution in [1.29, 1.82) is 0 Å². The predicted octanol–water partition coefficient (Wildman–Crippen LogP) is 2.74. The molecule has 0 saturated heterocycles. The molecular formula is C16H20ClN3O2. The molecule has 0 saturated carbocycles. The molecule has 0 aliphatic carbocycles. The molecule has 0 radical (unpaired) electrons. The molecule has 0 aliphatic heterocycles. The van der Waals surface area contributed by atoms with E-state index in [4.69, 9.17) is 16.3 Å². The summed E-state index contributed by atoms with van der Waals surface area (Å²) in [5.74, 6) is -0.0303. The third kappa shape index (κ3) is 4.86. The molecule has 0 unspecified atom stereocenters. The topological polar surface area (TPSA) is 56.1 Å². The molecule has 0 spiro atoms. The van der Waals surface area contributed by atoms with Gasteiger partial charge in [-0.1, -0.05) is 23.7 Å². The Kier molecular flexibility index (Phi) is 5.98. The largest absolute Gasteiger partial charge is 0.375 e. The zero-order chi connectivity index (χ0) is 15.9. The highest BCUT2D eigenvalue weighted by molar-refractivity contribution is 6.30. The summed E-state index contributed by atoms with van der Waals surface area (Å²) >= 11 is 5.98. The molecule has 1 aromatic heterocycles. The van der Waals surface area contributed by atoms with Crippen molar-refractivity contribution < 1.29 is 9.53 Å². The first kappa shape index (κ1) is 16.5. The summed E-state index contributed by atoms with van der Waals surface area (Å²) in [5, 5.41) is 7.69. The molecule has 1 atom stereocenters. The highest BCUT2D eigenvalue weighted by Crippen LogP contribution is 2.19. The highest BCUT2D eigenvalue weighted by atomic mass is 35.5. The van der Waals surface area contributed by atoms with E-state index in [1.165, 1.54) is 0 Å². The second-order valence-corrected chi connectivity index (χ2v) is 5.55. The third-order valence-corrected chi connectivity index (χ3v) is 3.56. The van der Waals surface area contributed by atoms with Crippen LogP contribution in [0.25, 0.3) is 0 Å². The molecule has 0 fully saturated rings. The van der Waals surface area contributed by atoms with Crippen LogP contribution < -0.4 is 5.32 Å². The van der Waals surface area contributed by atoms with Gasteiger partial charge in [-0.05, 0) is 30.2 Å². The maximum atomic E-state index is 11.9. The van der Waals surface area contributed by atoms with Crippen molar-refractivity contribution in [2.75, 3.05) is 13.7 Å². The van der Waals surface area contributed by atoms with Gasteiger partial charge in [-0.2, -0.15) is 5.10 Å². The van der Waals surface area contributed by atoms with E-state index in [0.29, 0.717) is 24.5 Å². The number of aromatic nitrogens is 2. The zero-order valence-electron chi connectivity index (χ0n) is 12.8. The van der Waals surface area contributed by atoms with Crippen LogP contribution in [0.4, 0.5) is 0 Å². The second kappa shape index (κ2) is 7.96. The molecule has 1 N–H and O–H groups in total. The van der Waals surface area contributed by atoms with E-state index >= 15 is 0 Å². The van der Waals surface area contributed by atoms with Gasteiger partial charge in [0.15, 0.2) is 0 Å². The van der Waals surface area contributed by atoms with E-state index in [0.717, 1.165) is 11.1 Å². The smallest absolute Gasteiger partial charge is 0.221 e. The molecule has 2 rings (SSSR count). The van der Waals surface area contributed by atoms with E-state index in [1.54, 1.807) is 18.0 Å².